The SMILES string of the molecule is Cl.O=C(CNc1ccccc1)N1CCN(S(=O)(=O)c2ccccc2)CC1. The number of hydrogen-bond donors (Lipinski definition) is 1. The predicted molar refractivity (Wildman–Crippen MR) is 104 cm³/mol. The van der Waals surface area contributed by atoms with Gasteiger partial charge in [0.1, 0.15) is 0 Å². The maximum atomic E-state index is 12.6. The van der Waals surface area contributed by atoms with Crippen LogP contribution in [0, 0.1) is 0 Å². The lowest BCUT2D eigenvalue weighted by molar-refractivity contribution is -0.130. The predicted octanol–water partition coefficient (Wildman–Crippen LogP) is 2.05. The summed E-state index contributed by atoms with van der Waals surface area (Å²) in [6, 6.07) is 17.9. The first kappa shape index (κ1) is 20.2. The van der Waals surface area contributed by atoms with Crippen LogP contribution < -0.4 is 5.32 Å². The van der Waals surface area contributed by atoms with E-state index in [1.54, 1.807) is 35.2 Å². The molecular weight excluding hydrogens is 374 g/mol. The van der Waals surface area contributed by atoms with Crippen LogP contribution in [0.2, 0.25) is 0 Å². The maximum absolute atomic E-state index is 12.6. The first-order chi connectivity index (χ1) is 12.1. The van der Waals surface area contributed by atoms with Crippen LogP contribution in [0.5, 0.6) is 0 Å². The monoisotopic (exact) mass is 395 g/mol. The number of carbonyl (C=O) groups excluding carboxylic acids is 1. The second kappa shape index (κ2) is 9.02. The highest BCUT2D eigenvalue weighted by Gasteiger charge is 2.29. The van der Waals surface area contributed by atoms with Gasteiger partial charge in [0.05, 0.1) is 11.4 Å². The Kier molecular flexibility index (Phi) is 7.02. The minimum Gasteiger partial charge on any atom is -0.376 e. The third kappa shape index (κ3) is 4.75. The van der Waals surface area contributed by atoms with Gasteiger partial charge in [0.25, 0.3) is 0 Å². The third-order valence-corrected chi connectivity index (χ3v) is 6.10. The Bertz CT molecular complexity index is 808. The summed E-state index contributed by atoms with van der Waals surface area (Å²) in [5, 5.41) is 3.09. The normalized spacial score (nSPS) is 15.2. The number of carbonyl (C=O) groups is 1. The molecule has 0 saturated carbocycles. The molecule has 1 fully saturated rings. The number of halogens is 1. The first-order valence-electron chi connectivity index (χ1n) is 8.19. The van der Waals surface area contributed by atoms with Crippen molar-refractivity contribution in [2.75, 3.05) is 38.0 Å². The Labute approximate surface area is 160 Å². The van der Waals surface area contributed by atoms with Crippen molar-refractivity contribution in [2.24, 2.45) is 0 Å². The van der Waals surface area contributed by atoms with E-state index in [1.165, 1.54) is 4.31 Å². The van der Waals surface area contributed by atoms with Crippen LogP contribution in [0.25, 0.3) is 0 Å². The summed E-state index contributed by atoms with van der Waals surface area (Å²) < 4.78 is 26.6. The number of nitrogens with zero attached hydrogens (tertiary/aromatic N) is 2. The van der Waals surface area contributed by atoms with Gasteiger partial charge in [-0.2, -0.15) is 4.31 Å². The van der Waals surface area contributed by atoms with Gasteiger partial charge in [0, 0.05) is 31.9 Å². The van der Waals surface area contributed by atoms with Crippen molar-refractivity contribution in [1.29, 1.82) is 0 Å². The molecule has 1 saturated heterocycles. The van der Waals surface area contributed by atoms with E-state index < -0.39 is 10.0 Å². The Hall–Kier alpha value is -2.09. The Balaban J connectivity index is 0.00000243. The maximum Gasteiger partial charge on any atom is 0.243 e. The van der Waals surface area contributed by atoms with Crippen molar-refractivity contribution in [3.63, 3.8) is 0 Å². The molecule has 1 heterocycles. The molecule has 0 spiro atoms. The molecule has 1 amide bonds. The molecule has 2 aromatic carbocycles. The number of piperazine rings is 1. The van der Waals surface area contributed by atoms with Gasteiger partial charge >= 0.3 is 0 Å². The summed E-state index contributed by atoms with van der Waals surface area (Å²) in [6.07, 6.45) is 0. The summed E-state index contributed by atoms with van der Waals surface area (Å²) in [4.78, 5) is 14.3. The van der Waals surface area contributed by atoms with Crippen LogP contribution >= 0.6 is 12.4 Å². The van der Waals surface area contributed by atoms with E-state index in [9.17, 15) is 13.2 Å². The average Bonchev–Trinajstić information content (AvgIpc) is 2.68. The molecule has 0 aliphatic carbocycles. The zero-order valence-electron chi connectivity index (χ0n) is 14.2. The summed E-state index contributed by atoms with van der Waals surface area (Å²) in [6.45, 7) is 1.64. The van der Waals surface area contributed by atoms with Crippen molar-refractivity contribution in [3.8, 4) is 0 Å². The Morgan fingerprint density at radius 1 is 0.885 bits per heavy atom. The van der Waals surface area contributed by atoms with E-state index in [2.05, 4.69) is 5.32 Å². The smallest absolute Gasteiger partial charge is 0.243 e. The Morgan fingerprint density at radius 2 is 1.42 bits per heavy atom. The van der Waals surface area contributed by atoms with Gasteiger partial charge in [-0.05, 0) is 24.3 Å². The number of hydrogen-bond acceptors (Lipinski definition) is 4. The van der Waals surface area contributed by atoms with Crippen molar-refractivity contribution in [1.82, 2.24) is 9.21 Å². The van der Waals surface area contributed by atoms with Gasteiger partial charge in [-0.3, -0.25) is 4.79 Å². The molecule has 8 heteroatoms. The fourth-order valence-electron chi connectivity index (χ4n) is 2.76. The van der Waals surface area contributed by atoms with E-state index in [1.807, 2.05) is 30.3 Å². The van der Waals surface area contributed by atoms with E-state index in [0.29, 0.717) is 31.1 Å². The lowest BCUT2D eigenvalue weighted by atomic mass is 10.3. The van der Waals surface area contributed by atoms with Gasteiger partial charge in [-0.15, -0.1) is 12.4 Å². The molecular formula is C18H22ClN3O3S. The number of sulfonamides is 1. The summed E-state index contributed by atoms with van der Waals surface area (Å²) in [5.74, 6) is -0.0272. The number of amides is 1. The molecule has 0 radical (unpaired) electrons. The number of anilines is 1. The second-order valence-corrected chi connectivity index (χ2v) is 7.76. The number of para-hydroxylation sites is 1. The number of benzene rings is 2. The molecule has 0 aromatic heterocycles. The fraction of sp³-hybridized carbons (Fsp3) is 0.278. The van der Waals surface area contributed by atoms with Gasteiger partial charge in [0.15, 0.2) is 0 Å². The molecule has 1 aliphatic rings. The summed E-state index contributed by atoms with van der Waals surface area (Å²) in [7, 11) is -3.49. The van der Waals surface area contributed by atoms with Crippen LogP contribution in [-0.2, 0) is 14.8 Å². The lowest BCUT2D eigenvalue weighted by Gasteiger charge is -2.34. The van der Waals surface area contributed by atoms with Crippen molar-refractivity contribution >= 4 is 34.0 Å². The first-order valence-corrected chi connectivity index (χ1v) is 9.63. The minimum absolute atomic E-state index is 0. The minimum atomic E-state index is -3.49. The number of nitrogens with one attached hydrogen (secondary N) is 1. The van der Waals surface area contributed by atoms with Gasteiger partial charge in [-0.1, -0.05) is 36.4 Å². The summed E-state index contributed by atoms with van der Waals surface area (Å²) in [5.41, 5.74) is 0.890. The van der Waals surface area contributed by atoms with Gasteiger partial charge in [-0.25, -0.2) is 8.42 Å². The van der Waals surface area contributed by atoms with E-state index >= 15 is 0 Å². The van der Waals surface area contributed by atoms with Crippen LogP contribution in [0.1, 0.15) is 0 Å². The van der Waals surface area contributed by atoms with Gasteiger partial charge in [0.2, 0.25) is 15.9 Å². The highest BCUT2D eigenvalue weighted by atomic mass is 35.5. The Morgan fingerprint density at radius 3 is 2.00 bits per heavy atom. The van der Waals surface area contributed by atoms with Crippen molar-refractivity contribution in [3.05, 3.63) is 60.7 Å². The summed E-state index contributed by atoms with van der Waals surface area (Å²) >= 11 is 0. The largest absolute Gasteiger partial charge is 0.376 e. The van der Waals surface area contributed by atoms with Gasteiger partial charge < -0.3 is 10.2 Å². The number of rotatable bonds is 5. The molecule has 140 valence electrons. The zero-order valence-corrected chi connectivity index (χ0v) is 15.9. The zero-order chi connectivity index (χ0) is 17.7. The molecule has 0 bridgehead atoms. The van der Waals surface area contributed by atoms with Crippen LogP contribution in [0.15, 0.2) is 65.6 Å². The standard InChI is InChI=1S/C18H21N3O3S.ClH/c22-18(15-19-16-7-3-1-4-8-16)20-11-13-21(14-12-20)25(23,24)17-9-5-2-6-10-17;/h1-10,19H,11-15H2;1H. The fourth-order valence-corrected chi connectivity index (χ4v) is 4.21. The molecule has 26 heavy (non-hydrogen) atoms. The topological polar surface area (TPSA) is 69.7 Å². The van der Waals surface area contributed by atoms with Crippen LogP contribution in [0.4, 0.5) is 5.69 Å². The van der Waals surface area contributed by atoms with Crippen molar-refractivity contribution < 1.29 is 13.2 Å². The molecule has 1 N–H and O–H groups in total. The molecule has 0 unspecified atom stereocenters. The molecule has 0 atom stereocenters. The second-order valence-electron chi connectivity index (χ2n) is 5.82. The van der Waals surface area contributed by atoms with Crippen LogP contribution in [-0.4, -0.2) is 56.3 Å². The highest BCUT2D eigenvalue weighted by Crippen LogP contribution is 2.17. The van der Waals surface area contributed by atoms with E-state index in [4.69, 9.17) is 0 Å². The van der Waals surface area contributed by atoms with Crippen LogP contribution in [0.3, 0.4) is 0 Å². The molecule has 1 aliphatic heterocycles. The highest BCUT2D eigenvalue weighted by molar-refractivity contribution is 7.89. The molecule has 6 nitrogen and oxygen atoms in total. The quantitative estimate of drug-likeness (QED) is 0.841. The lowest BCUT2D eigenvalue weighted by Crippen LogP contribution is -2.51. The molecule has 3 rings (SSSR count). The van der Waals surface area contributed by atoms with E-state index in [-0.39, 0.29) is 24.9 Å². The average molecular weight is 396 g/mol. The third-order valence-electron chi connectivity index (χ3n) is 4.19. The van der Waals surface area contributed by atoms with Crippen molar-refractivity contribution in [2.45, 2.75) is 4.90 Å². The molecule has 2 aromatic rings. The van der Waals surface area contributed by atoms with E-state index in [0.717, 1.165) is 5.69 Å².